The van der Waals surface area contributed by atoms with Crippen molar-refractivity contribution in [3.63, 3.8) is 0 Å². The molecule has 0 bridgehead atoms. The fourth-order valence-electron chi connectivity index (χ4n) is 2.96. The lowest BCUT2D eigenvalue weighted by atomic mass is 10.1. The zero-order valence-electron chi connectivity index (χ0n) is 12.3. The van der Waals surface area contributed by atoms with Gasteiger partial charge in [-0.25, -0.2) is 0 Å². The summed E-state index contributed by atoms with van der Waals surface area (Å²) in [6, 6.07) is 10.3. The first-order valence-electron chi connectivity index (χ1n) is 7.41. The molecule has 1 amide bonds. The molecule has 1 spiro atoms. The molecule has 1 N–H and O–H groups in total. The molecule has 4 heteroatoms. The highest BCUT2D eigenvalue weighted by Gasteiger charge is 2.59. The van der Waals surface area contributed by atoms with Crippen molar-refractivity contribution in [3.8, 4) is 0 Å². The summed E-state index contributed by atoms with van der Waals surface area (Å²) in [7, 11) is 4.14. The highest BCUT2D eigenvalue weighted by atomic mass is 16.2. The van der Waals surface area contributed by atoms with Gasteiger partial charge in [0.15, 0.2) is 0 Å². The van der Waals surface area contributed by atoms with E-state index in [1.165, 1.54) is 5.56 Å². The van der Waals surface area contributed by atoms with Gasteiger partial charge in [-0.15, -0.1) is 0 Å². The van der Waals surface area contributed by atoms with E-state index in [-0.39, 0.29) is 11.7 Å². The van der Waals surface area contributed by atoms with Crippen LogP contribution in [-0.4, -0.2) is 48.4 Å². The molecule has 108 valence electrons. The second-order valence-corrected chi connectivity index (χ2v) is 6.20. The first kappa shape index (κ1) is 13.6. The molecule has 1 aliphatic carbocycles. The van der Waals surface area contributed by atoms with Crippen molar-refractivity contribution >= 4 is 5.91 Å². The molecule has 1 saturated heterocycles. The van der Waals surface area contributed by atoms with Crippen molar-refractivity contribution in [2.75, 3.05) is 27.2 Å². The van der Waals surface area contributed by atoms with Crippen LogP contribution < -0.4 is 5.32 Å². The topological polar surface area (TPSA) is 35.6 Å². The number of carbonyl (C=O) groups is 1. The molecule has 1 aromatic carbocycles. The van der Waals surface area contributed by atoms with Crippen LogP contribution in [-0.2, 0) is 4.79 Å². The summed E-state index contributed by atoms with van der Waals surface area (Å²) < 4.78 is 0. The van der Waals surface area contributed by atoms with Crippen LogP contribution in [0.5, 0.6) is 0 Å². The maximum absolute atomic E-state index is 12.6. The predicted octanol–water partition coefficient (Wildman–Crippen LogP) is 1.60. The molecule has 1 atom stereocenters. The molecule has 0 radical (unpaired) electrons. The van der Waals surface area contributed by atoms with Crippen molar-refractivity contribution in [1.29, 1.82) is 0 Å². The highest BCUT2D eigenvalue weighted by Crippen LogP contribution is 2.45. The SMILES string of the molecule is CN(C)CCCN1C(=O)C2(CC2)NC1c1ccccc1. The van der Waals surface area contributed by atoms with E-state index in [4.69, 9.17) is 0 Å². The van der Waals surface area contributed by atoms with Gasteiger partial charge in [0.05, 0.1) is 0 Å². The zero-order chi connectivity index (χ0) is 14.2. The number of carbonyl (C=O) groups excluding carboxylic acids is 1. The van der Waals surface area contributed by atoms with E-state index in [0.717, 1.165) is 32.4 Å². The van der Waals surface area contributed by atoms with E-state index in [0.29, 0.717) is 5.91 Å². The number of hydrogen-bond acceptors (Lipinski definition) is 3. The molecule has 3 rings (SSSR count). The number of rotatable bonds is 5. The second-order valence-electron chi connectivity index (χ2n) is 6.20. The molecule has 1 saturated carbocycles. The Morgan fingerprint density at radius 3 is 2.60 bits per heavy atom. The highest BCUT2D eigenvalue weighted by molar-refractivity contribution is 5.92. The normalized spacial score (nSPS) is 23.9. The van der Waals surface area contributed by atoms with E-state index in [2.05, 4.69) is 36.4 Å². The van der Waals surface area contributed by atoms with Crippen molar-refractivity contribution in [3.05, 3.63) is 35.9 Å². The number of nitrogens with one attached hydrogen (secondary N) is 1. The van der Waals surface area contributed by atoms with E-state index in [9.17, 15) is 4.79 Å². The van der Waals surface area contributed by atoms with Gasteiger partial charge in [0.1, 0.15) is 11.7 Å². The molecular formula is C16H23N3O. The molecular weight excluding hydrogens is 250 g/mol. The summed E-state index contributed by atoms with van der Waals surface area (Å²) >= 11 is 0. The minimum atomic E-state index is -0.237. The average Bonchev–Trinajstić information content (AvgIpc) is 3.17. The Hall–Kier alpha value is -1.39. The smallest absolute Gasteiger partial charge is 0.244 e. The Morgan fingerprint density at radius 2 is 2.00 bits per heavy atom. The van der Waals surface area contributed by atoms with Crippen LogP contribution in [0.1, 0.15) is 31.0 Å². The third-order valence-electron chi connectivity index (χ3n) is 4.26. The number of hydrogen-bond donors (Lipinski definition) is 1. The maximum Gasteiger partial charge on any atom is 0.244 e. The summed E-state index contributed by atoms with van der Waals surface area (Å²) in [5, 5.41) is 3.56. The van der Waals surface area contributed by atoms with Gasteiger partial charge in [-0.2, -0.15) is 0 Å². The van der Waals surface area contributed by atoms with Crippen LogP contribution >= 0.6 is 0 Å². The molecule has 1 aliphatic heterocycles. The quantitative estimate of drug-likeness (QED) is 0.885. The minimum Gasteiger partial charge on any atom is -0.321 e. The Balaban J connectivity index is 1.75. The summed E-state index contributed by atoms with van der Waals surface area (Å²) in [6.45, 7) is 1.84. The standard InChI is InChI=1S/C16H23N3O/c1-18(2)11-6-12-19-14(13-7-4-3-5-8-13)17-16(9-10-16)15(19)20/h3-5,7-8,14,17H,6,9-12H2,1-2H3. The Bertz CT molecular complexity index is 482. The van der Waals surface area contributed by atoms with E-state index < -0.39 is 0 Å². The van der Waals surface area contributed by atoms with Crippen LogP contribution in [0.2, 0.25) is 0 Å². The van der Waals surface area contributed by atoms with Crippen molar-refractivity contribution in [2.45, 2.75) is 31.0 Å². The fraction of sp³-hybridized carbons (Fsp3) is 0.562. The summed E-state index contributed by atoms with van der Waals surface area (Å²) in [6.07, 6.45) is 3.03. The summed E-state index contributed by atoms with van der Waals surface area (Å²) in [5.41, 5.74) is 0.952. The summed E-state index contributed by atoms with van der Waals surface area (Å²) in [4.78, 5) is 16.8. The van der Waals surface area contributed by atoms with Gasteiger partial charge in [-0.1, -0.05) is 30.3 Å². The molecule has 1 heterocycles. The molecule has 2 aliphatic rings. The van der Waals surface area contributed by atoms with Crippen LogP contribution in [0.15, 0.2) is 30.3 Å². The number of benzene rings is 1. The maximum atomic E-state index is 12.6. The van der Waals surface area contributed by atoms with E-state index >= 15 is 0 Å². The average molecular weight is 273 g/mol. The molecule has 0 aromatic heterocycles. The van der Waals surface area contributed by atoms with Crippen LogP contribution in [0.25, 0.3) is 0 Å². The van der Waals surface area contributed by atoms with Crippen LogP contribution in [0, 0.1) is 0 Å². The lowest BCUT2D eigenvalue weighted by molar-refractivity contribution is -0.130. The Labute approximate surface area is 120 Å². The number of nitrogens with zero attached hydrogens (tertiary/aromatic N) is 2. The lowest BCUT2D eigenvalue weighted by Gasteiger charge is -2.25. The summed E-state index contributed by atoms with van der Waals surface area (Å²) in [5.74, 6) is 0.296. The van der Waals surface area contributed by atoms with Crippen LogP contribution in [0.3, 0.4) is 0 Å². The van der Waals surface area contributed by atoms with Crippen molar-refractivity contribution in [1.82, 2.24) is 15.1 Å². The predicted molar refractivity (Wildman–Crippen MR) is 79.2 cm³/mol. The fourth-order valence-corrected chi connectivity index (χ4v) is 2.96. The minimum absolute atomic E-state index is 0.0494. The van der Waals surface area contributed by atoms with Gasteiger partial charge in [0, 0.05) is 6.54 Å². The Kier molecular flexibility index (Phi) is 3.52. The van der Waals surface area contributed by atoms with Crippen molar-refractivity contribution in [2.24, 2.45) is 0 Å². The molecule has 20 heavy (non-hydrogen) atoms. The van der Waals surface area contributed by atoms with Gasteiger partial charge >= 0.3 is 0 Å². The molecule has 1 aromatic rings. The van der Waals surface area contributed by atoms with E-state index in [1.807, 2.05) is 23.1 Å². The molecule has 2 fully saturated rings. The van der Waals surface area contributed by atoms with Gasteiger partial charge in [-0.3, -0.25) is 10.1 Å². The monoisotopic (exact) mass is 273 g/mol. The number of amides is 1. The second kappa shape index (κ2) is 5.19. The van der Waals surface area contributed by atoms with Crippen LogP contribution in [0.4, 0.5) is 0 Å². The van der Waals surface area contributed by atoms with Crippen molar-refractivity contribution < 1.29 is 4.79 Å². The van der Waals surface area contributed by atoms with E-state index in [1.54, 1.807) is 0 Å². The van der Waals surface area contributed by atoms with Gasteiger partial charge in [0.2, 0.25) is 5.91 Å². The third kappa shape index (κ3) is 2.45. The van der Waals surface area contributed by atoms with Gasteiger partial charge in [-0.05, 0) is 45.5 Å². The first-order valence-corrected chi connectivity index (χ1v) is 7.41. The third-order valence-corrected chi connectivity index (χ3v) is 4.26. The first-order chi connectivity index (χ1) is 9.62. The molecule has 1 unspecified atom stereocenters. The zero-order valence-corrected chi connectivity index (χ0v) is 12.3. The van der Waals surface area contributed by atoms with Gasteiger partial charge < -0.3 is 9.80 Å². The molecule has 4 nitrogen and oxygen atoms in total. The van der Waals surface area contributed by atoms with Gasteiger partial charge in [0.25, 0.3) is 0 Å². The Morgan fingerprint density at radius 1 is 1.30 bits per heavy atom. The largest absolute Gasteiger partial charge is 0.321 e. The lowest BCUT2D eigenvalue weighted by Crippen LogP contribution is -2.34.